The molecule has 2 saturated heterocycles. The van der Waals surface area contributed by atoms with Crippen molar-refractivity contribution in [3.8, 4) is 0 Å². The summed E-state index contributed by atoms with van der Waals surface area (Å²) in [7, 11) is 1.44. The quantitative estimate of drug-likeness (QED) is 0.613. The highest BCUT2D eigenvalue weighted by atomic mass is 35.5. The Bertz CT molecular complexity index is 618. The normalized spacial score (nSPS) is 18.0. The Morgan fingerprint density at radius 1 is 1.17 bits per heavy atom. The molecule has 1 aromatic rings. The van der Waals surface area contributed by atoms with E-state index in [0.717, 1.165) is 58.4 Å². The fraction of sp³-hybridized carbons (Fsp3) is 0.722. The van der Waals surface area contributed by atoms with E-state index in [4.69, 9.17) is 4.74 Å². The van der Waals surface area contributed by atoms with Gasteiger partial charge in [-0.05, 0) is 51.9 Å². The molecule has 0 spiro atoms. The van der Waals surface area contributed by atoms with Gasteiger partial charge in [-0.25, -0.2) is 4.98 Å². The van der Waals surface area contributed by atoms with Crippen LogP contribution >= 0.6 is 37.2 Å². The topological polar surface area (TPSA) is 88.5 Å². The first-order valence-corrected chi connectivity index (χ1v) is 9.50. The number of likely N-dealkylation sites (tertiary alicyclic amines) is 1. The molecule has 11 heteroatoms. The zero-order valence-electron chi connectivity index (χ0n) is 16.7. The number of imidazole rings is 1. The van der Waals surface area contributed by atoms with Crippen LogP contribution in [0.5, 0.6) is 0 Å². The number of hydrogen-bond acceptors (Lipinski definition) is 6. The van der Waals surface area contributed by atoms with Crippen molar-refractivity contribution in [2.75, 3.05) is 46.4 Å². The Labute approximate surface area is 190 Å². The van der Waals surface area contributed by atoms with Crippen molar-refractivity contribution in [2.45, 2.75) is 31.7 Å². The molecule has 2 N–H and O–H groups in total. The average molecular weight is 473 g/mol. The van der Waals surface area contributed by atoms with Crippen LogP contribution in [0.4, 0.5) is 0 Å². The summed E-state index contributed by atoms with van der Waals surface area (Å²) in [5.74, 6) is -0.214. The Morgan fingerprint density at radius 3 is 2.45 bits per heavy atom. The summed E-state index contributed by atoms with van der Waals surface area (Å²) in [5.41, 5.74) is 0.480. The maximum absolute atomic E-state index is 12.3. The number of hydrogen-bond donors (Lipinski definition) is 2. The molecule has 168 valence electrons. The zero-order valence-corrected chi connectivity index (χ0v) is 19.1. The van der Waals surface area contributed by atoms with Crippen LogP contribution in [0.25, 0.3) is 0 Å². The van der Waals surface area contributed by atoms with E-state index in [9.17, 15) is 9.59 Å². The van der Waals surface area contributed by atoms with E-state index < -0.39 is 0 Å². The fourth-order valence-corrected chi connectivity index (χ4v) is 3.74. The third kappa shape index (κ3) is 7.94. The van der Waals surface area contributed by atoms with Crippen molar-refractivity contribution in [3.63, 3.8) is 0 Å². The molecule has 0 radical (unpaired) electrons. The molecule has 3 heterocycles. The van der Waals surface area contributed by atoms with Crippen LogP contribution in [0.3, 0.4) is 0 Å². The van der Waals surface area contributed by atoms with E-state index in [1.54, 1.807) is 6.33 Å². The number of halogens is 3. The second-order valence-electron chi connectivity index (χ2n) is 7.08. The van der Waals surface area contributed by atoms with Gasteiger partial charge in [0.25, 0.3) is 5.91 Å². The predicted molar refractivity (Wildman–Crippen MR) is 119 cm³/mol. The van der Waals surface area contributed by atoms with Crippen molar-refractivity contribution >= 4 is 49.1 Å². The van der Waals surface area contributed by atoms with Crippen LogP contribution in [0, 0.1) is 5.92 Å². The Kier molecular flexibility index (Phi) is 13.5. The van der Waals surface area contributed by atoms with E-state index in [0.29, 0.717) is 18.3 Å². The lowest BCUT2D eigenvalue weighted by Gasteiger charge is -2.30. The minimum atomic E-state index is -0.123. The summed E-state index contributed by atoms with van der Waals surface area (Å²) in [5, 5.41) is 6.29. The van der Waals surface area contributed by atoms with Gasteiger partial charge in [-0.2, -0.15) is 0 Å². The third-order valence-corrected chi connectivity index (χ3v) is 5.40. The molecule has 2 aliphatic rings. The largest absolute Gasteiger partial charge is 0.469 e. The Balaban J connectivity index is 0.00000261. The monoisotopic (exact) mass is 471 g/mol. The lowest BCUT2D eigenvalue weighted by Crippen LogP contribution is -2.41. The minimum absolute atomic E-state index is 0. The Hall–Kier alpha value is -1.06. The molecule has 1 aromatic heterocycles. The predicted octanol–water partition coefficient (Wildman–Crippen LogP) is 1.69. The summed E-state index contributed by atoms with van der Waals surface area (Å²) in [6, 6.07) is 0.432. The second-order valence-corrected chi connectivity index (χ2v) is 7.08. The smallest absolute Gasteiger partial charge is 0.308 e. The summed E-state index contributed by atoms with van der Waals surface area (Å²) in [6.45, 7) is 5.12. The molecule has 2 fully saturated rings. The Morgan fingerprint density at radius 2 is 1.83 bits per heavy atom. The molecule has 29 heavy (non-hydrogen) atoms. The number of carbonyl (C=O) groups excluding carboxylic acids is 2. The molecular weight excluding hydrogens is 441 g/mol. The van der Waals surface area contributed by atoms with Crippen molar-refractivity contribution in [1.29, 1.82) is 0 Å². The minimum Gasteiger partial charge on any atom is -0.469 e. The van der Waals surface area contributed by atoms with E-state index in [1.807, 2.05) is 6.20 Å². The number of methoxy groups -OCH3 is 1. The van der Waals surface area contributed by atoms with E-state index >= 15 is 0 Å². The van der Waals surface area contributed by atoms with Gasteiger partial charge >= 0.3 is 5.97 Å². The second kappa shape index (κ2) is 14.0. The van der Waals surface area contributed by atoms with Gasteiger partial charge in [-0.3, -0.25) is 9.59 Å². The first-order valence-electron chi connectivity index (χ1n) is 9.50. The van der Waals surface area contributed by atoms with E-state index in [-0.39, 0.29) is 55.0 Å². The summed E-state index contributed by atoms with van der Waals surface area (Å²) in [4.78, 5) is 30.4. The first-order chi connectivity index (χ1) is 12.7. The molecule has 0 aromatic carbocycles. The van der Waals surface area contributed by atoms with Crippen LogP contribution < -0.4 is 10.6 Å². The SMILES string of the molecule is COC(=O)C1CCN(CCNC(=O)c2cn(C3CCNCC3)cn2)CC1.Cl.Cl.Cl. The van der Waals surface area contributed by atoms with E-state index in [2.05, 4.69) is 25.1 Å². The molecule has 1 amide bonds. The highest BCUT2D eigenvalue weighted by Gasteiger charge is 2.25. The zero-order chi connectivity index (χ0) is 18.4. The van der Waals surface area contributed by atoms with Gasteiger partial charge in [0.15, 0.2) is 0 Å². The van der Waals surface area contributed by atoms with Gasteiger partial charge < -0.3 is 24.8 Å². The van der Waals surface area contributed by atoms with Crippen LogP contribution in [0.1, 0.15) is 42.2 Å². The van der Waals surface area contributed by atoms with Crippen LogP contribution in [-0.2, 0) is 9.53 Å². The summed E-state index contributed by atoms with van der Waals surface area (Å²) >= 11 is 0. The number of carbonyl (C=O) groups is 2. The maximum atomic E-state index is 12.3. The number of amides is 1. The average Bonchev–Trinajstić information content (AvgIpc) is 3.19. The molecule has 3 rings (SSSR count). The fourth-order valence-electron chi connectivity index (χ4n) is 3.74. The van der Waals surface area contributed by atoms with Crippen LogP contribution in [0.2, 0.25) is 0 Å². The molecule has 0 aliphatic carbocycles. The molecule has 0 saturated carbocycles. The molecule has 0 unspecified atom stereocenters. The van der Waals surface area contributed by atoms with Gasteiger partial charge in [-0.15, -0.1) is 37.2 Å². The number of nitrogens with zero attached hydrogens (tertiary/aromatic N) is 3. The van der Waals surface area contributed by atoms with Crippen LogP contribution in [0.15, 0.2) is 12.5 Å². The number of rotatable bonds is 6. The van der Waals surface area contributed by atoms with E-state index in [1.165, 1.54) is 7.11 Å². The van der Waals surface area contributed by atoms with Crippen molar-refractivity contribution in [2.24, 2.45) is 5.92 Å². The summed E-state index contributed by atoms with van der Waals surface area (Å²) in [6.07, 6.45) is 7.40. The van der Waals surface area contributed by atoms with Crippen molar-refractivity contribution < 1.29 is 14.3 Å². The molecule has 8 nitrogen and oxygen atoms in total. The number of nitrogens with one attached hydrogen (secondary N) is 2. The van der Waals surface area contributed by atoms with Gasteiger partial charge in [-0.1, -0.05) is 0 Å². The first kappa shape index (κ1) is 27.9. The number of esters is 1. The maximum Gasteiger partial charge on any atom is 0.308 e. The van der Waals surface area contributed by atoms with Gasteiger partial charge in [0.2, 0.25) is 0 Å². The summed E-state index contributed by atoms with van der Waals surface area (Å²) < 4.78 is 6.87. The molecule has 0 atom stereocenters. The highest BCUT2D eigenvalue weighted by molar-refractivity contribution is 5.92. The van der Waals surface area contributed by atoms with Gasteiger partial charge in [0, 0.05) is 25.3 Å². The van der Waals surface area contributed by atoms with Crippen LogP contribution in [-0.4, -0.2) is 72.7 Å². The van der Waals surface area contributed by atoms with Crippen molar-refractivity contribution in [3.05, 3.63) is 18.2 Å². The lowest BCUT2D eigenvalue weighted by atomic mass is 9.97. The lowest BCUT2D eigenvalue weighted by molar-refractivity contribution is -0.147. The number of aromatic nitrogens is 2. The van der Waals surface area contributed by atoms with Gasteiger partial charge in [0.05, 0.1) is 19.4 Å². The standard InChI is InChI=1S/C18H29N5O3.3ClH/c1-26-18(25)14-4-9-22(10-5-14)11-8-20-17(24)16-12-23(13-21-16)15-2-6-19-7-3-15;;;/h12-15,19H,2-11H2,1H3,(H,20,24);3*1H. The highest BCUT2D eigenvalue weighted by Crippen LogP contribution is 2.19. The number of ether oxygens (including phenoxy) is 1. The van der Waals surface area contributed by atoms with Crippen molar-refractivity contribution in [1.82, 2.24) is 25.1 Å². The number of piperidine rings is 2. The third-order valence-electron chi connectivity index (χ3n) is 5.40. The molecule has 0 bridgehead atoms. The van der Waals surface area contributed by atoms with Gasteiger partial charge in [0.1, 0.15) is 5.69 Å². The molecular formula is C18H32Cl3N5O3. The molecule has 2 aliphatic heterocycles.